The van der Waals surface area contributed by atoms with Crippen LogP contribution in [0.25, 0.3) is 0 Å². The third-order valence-electron chi connectivity index (χ3n) is 4.80. The summed E-state index contributed by atoms with van der Waals surface area (Å²) in [5.41, 5.74) is 7.21. The molecule has 0 aromatic heterocycles. The van der Waals surface area contributed by atoms with E-state index in [1.807, 2.05) is 6.92 Å². The number of carbonyl (C=O) groups excluding carboxylic acids is 2. The van der Waals surface area contributed by atoms with Gasteiger partial charge in [-0.05, 0) is 63.1 Å². The Labute approximate surface area is 174 Å². The third-order valence-corrected chi connectivity index (χ3v) is 4.80. The Morgan fingerprint density at radius 2 is 1.70 bits per heavy atom. The summed E-state index contributed by atoms with van der Waals surface area (Å²) in [5, 5.41) is 17.7. The van der Waals surface area contributed by atoms with Crippen LogP contribution in [0.15, 0.2) is 24.3 Å². The van der Waals surface area contributed by atoms with Crippen LogP contribution in [0.3, 0.4) is 0 Å². The average molecular weight is 415 g/mol. The van der Waals surface area contributed by atoms with E-state index in [-0.39, 0.29) is 29.2 Å². The molecule has 0 unspecified atom stereocenters. The van der Waals surface area contributed by atoms with E-state index in [0.29, 0.717) is 16.9 Å². The molecule has 3 rings (SSSR count). The van der Waals surface area contributed by atoms with Gasteiger partial charge in [0.1, 0.15) is 11.5 Å². The number of ether oxygens (including phenoxy) is 2. The van der Waals surface area contributed by atoms with Gasteiger partial charge in [-0.15, -0.1) is 0 Å². The first-order chi connectivity index (χ1) is 13.9. The number of hydrogen-bond donors (Lipinski definition) is 3. The number of carboxylic acid groups (broad SMARTS) is 1. The summed E-state index contributed by atoms with van der Waals surface area (Å²) in [6.07, 6.45) is 0.284. The van der Waals surface area contributed by atoms with Gasteiger partial charge in [-0.1, -0.05) is 0 Å². The number of nitrogens with two attached hydrogens (primary N) is 1. The van der Waals surface area contributed by atoms with E-state index in [1.54, 1.807) is 32.9 Å². The second-order valence-corrected chi connectivity index (χ2v) is 7.51. The lowest BCUT2D eigenvalue weighted by molar-refractivity contribution is -0.132. The minimum absolute atomic E-state index is 0.00895. The molecule has 0 bridgehead atoms. The van der Waals surface area contributed by atoms with Crippen LogP contribution in [0.2, 0.25) is 0 Å². The maximum Gasteiger partial charge on any atom is 0.338 e. The van der Waals surface area contributed by atoms with E-state index in [4.69, 9.17) is 25.4 Å². The first kappa shape index (κ1) is 22.7. The highest BCUT2D eigenvalue weighted by atomic mass is 16.5. The molecule has 0 radical (unpaired) electrons. The van der Waals surface area contributed by atoms with Crippen LogP contribution in [0.5, 0.6) is 11.5 Å². The van der Waals surface area contributed by atoms with Crippen LogP contribution in [0.1, 0.15) is 51.3 Å². The zero-order valence-corrected chi connectivity index (χ0v) is 17.5. The molecule has 0 saturated heterocycles. The number of fused-ring (bicyclic) bond motifs is 1. The minimum Gasteiger partial charge on any atom is -0.506 e. The van der Waals surface area contributed by atoms with Crippen molar-refractivity contribution in [3.8, 4) is 11.5 Å². The Morgan fingerprint density at radius 1 is 1.10 bits per heavy atom. The summed E-state index contributed by atoms with van der Waals surface area (Å²) >= 11 is 0. The van der Waals surface area contributed by atoms with Gasteiger partial charge in [-0.25, -0.2) is 9.59 Å². The van der Waals surface area contributed by atoms with Crippen molar-refractivity contribution in [1.29, 1.82) is 0 Å². The second-order valence-electron chi connectivity index (χ2n) is 7.51. The number of ketones is 1. The van der Waals surface area contributed by atoms with Crippen molar-refractivity contribution in [3.05, 3.63) is 52.1 Å². The zero-order valence-electron chi connectivity index (χ0n) is 17.5. The van der Waals surface area contributed by atoms with Gasteiger partial charge < -0.3 is 25.4 Å². The molecule has 1 heterocycles. The molecule has 2 aromatic carbocycles. The lowest BCUT2D eigenvalue weighted by Gasteiger charge is -2.31. The summed E-state index contributed by atoms with van der Waals surface area (Å²) in [6.45, 7) is 6.92. The fraction of sp³-hybridized carbons (Fsp3) is 0.318. The maximum absolute atomic E-state index is 11.9. The highest BCUT2D eigenvalue weighted by Crippen LogP contribution is 2.33. The van der Waals surface area contributed by atoms with Crippen LogP contribution in [-0.2, 0) is 16.0 Å². The van der Waals surface area contributed by atoms with Gasteiger partial charge in [0.15, 0.2) is 11.4 Å². The lowest BCUT2D eigenvalue weighted by Crippen LogP contribution is -2.42. The van der Waals surface area contributed by atoms with E-state index in [0.717, 1.165) is 11.1 Å². The highest BCUT2D eigenvalue weighted by Gasteiger charge is 2.35. The molecule has 1 aliphatic heterocycles. The Balaban J connectivity index is 0.000000232. The summed E-state index contributed by atoms with van der Waals surface area (Å²) in [6, 6.07) is 6.05. The average Bonchev–Trinajstić information content (AvgIpc) is 2.65. The van der Waals surface area contributed by atoms with E-state index in [2.05, 4.69) is 0 Å². The molecule has 1 aliphatic rings. The molecule has 0 atom stereocenters. The number of rotatable bonds is 2. The predicted molar refractivity (Wildman–Crippen MR) is 110 cm³/mol. The van der Waals surface area contributed by atoms with Crippen molar-refractivity contribution >= 4 is 23.4 Å². The molecule has 8 nitrogen and oxygen atoms in total. The van der Waals surface area contributed by atoms with Gasteiger partial charge in [-0.2, -0.15) is 0 Å². The van der Waals surface area contributed by atoms with Gasteiger partial charge in [0.2, 0.25) is 0 Å². The Morgan fingerprint density at radius 3 is 2.27 bits per heavy atom. The van der Waals surface area contributed by atoms with Gasteiger partial charge in [-0.3, -0.25) is 4.79 Å². The number of anilines is 1. The molecule has 0 saturated carbocycles. The van der Waals surface area contributed by atoms with E-state index in [1.165, 1.54) is 19.2 Å². The Hall–Kier alpha value is -3.55. The van der Waals surface area contributed by atoms with Crippen LogP contribution < -0.4 is 10.5 Å². The van der Waals surface area contributed by atoms with Gasteiger partial charge in [0, 0.05) is 12.0 Å². The smallest absolute Gasteiger partial charge is 0.338 e. The van der Waals surface area contributed by atoms with Crippen molar-refractivity contribution < 1.29 is 34.1 Å². The van der Waals surface area contributed by atoms with Crippen molar-refractivity contribution in [2.45, 2.75) is 39.7 Å². The molecule has 30 heavy (non-hydrogen) atoms. The Bertz CT molecular complexity index is 1020. The van der Waals surface area contributed by atoms with Gasteiger partial charge >= 0.3 is 11.9 Å². The molecule has 8 heteroatoms. The normalized spacial score (nSPS) is 14.0. The number of aromatic carboxylic acids is 1. The summed E-state index contributed by atoms with van der Waals surface area (Å²) < 4.78 is 10.4. The highest BCUT2D eigenvalue weighted by molar-refractivity contribution is 5.94. The van der Waals surface area contributed by atoms with E-state index < -0.39 is 17.5 Å². The number of esters is 1. The van der Waals surface area contributed by atoms with E-state index >= 15 is 0 Å². The molecule has 4 N–H and O–H groups in total. The fourth-order valence-electron chi connectivity index (χ4n) is 2.95. The number of aryl methyl sites for hydroxylation is 2. The maximum atomic E-state index is 11.9. The van der Waals surface area contributed by atoms with Crippen molar-refractivity contribution in [2.24, 2.45) is 0 Å². The first-order valence-electron chi connectivity index (χ1n) is 9.14. The van der Waals surface area contributed by atoms with Crippen molar-refractivity contribution in [2.75, 3.05) is 12.8 Å². The fourth-order valence-corrected chi connectivity index (χ4v) is 2.95. The molecular formula is C22H25NO7. The second kappa shape index (κ2) is 8.44. The number of benzene rings is 2. The SMILES string of the molecule is COC(=O)c1cc2c(cc1C)OC(C)(C)C(=O)C2.Cc1cc(O)c(N)cc1C(=O)O. The quantitative estimate of drug-likeness (QED) is 0.387. The number of carbonyl (C=O) groups is 3. The molecule has 0 aliphatic carbocycles. The summed E-state index contributed by atoms with van der Waals surface area (Å²) in [5.74, 6) is -0.844. The lowest BCUT2D eigenvalue weighted by atomic mass is 9.91. The minimum atomic E-state index is -1.04. The predicted octanol–water partition coefficient (Wildman–Crippen LogP) is 3.05. The van der Waals surface area contributed by atoms with Crippen molar-refractivity contribution in [1.82, 2.24) is 0 Å². The largest absolute Gasteiger partial charge is 0.506 e. The van der Waals surface area contributed by atoms with Gasteiger partial charge in [0.05, 0.1) is 23.9 Å². The van der Waals surface area contributed by atoms with Gasteiger partial charge in [0.25, 0.3) is 0 Å². The van der Waals surface area contributed by atoms with Crippen LogP contribution in [-0.4, -0.2) is 40.6 Å². The number of aromatic hydroxyl groups is 1. The number of nitrogen functional groups attached to an aromatic ring is 1. The molecular weight excluding hydrogens is 390 g/mol. The number of phenols is 1. The van der Waals surface area contributed by atoms with Crippen LogP contribution in [0, 0.1) is 13.8 Å². The molecule has 0 amide bonds. The monoisotopic (exact) mass is 415 g/mol. The molecule has 0 spiro atoms. The summed E-state index contributed by atoms with van der Waals surface area (Å²) in [7, 11) is 1.34. The first-order valence-corrected chi connectivity index (χ1v) is 9.14. The van der Waals surface area contributed by atoms with Crippen LogP contribution >= 0.6 is 0 Å². The van der Waals surface area contributed by atoms with E-state index in [9.17, 15) is 14.4 Å². The number of carboxylic acids is 1. The number of phenolic OH excluding ortho intramolecular Hbond substituents is 1. The van der Waals surface area contributed by atoms with Crippen molar-refractivity contribution in [3.63, 3.8) is 0 Å². The standard InChI is InChI=1S/C14H16O4.C8H9NO3/c1-8-5-11-9(6-10(8)13(16)17-4)7-12(15)14(2,3)18-11;1-4-2-7(10)6(9)3-5(4)8(11)12/h5-6H,7H2,1-4H3;2-3,10H,9H2,1H3,(H,11,12). The van der Waals surface area contributed by atoms with Crippen LogP contribution in [0.4, 0.5) is 5.69 Å². The number of Topliss-reactive ketones (excluding diaryl/α,β-unsaturated/α-hetero) is 1. The summed E-state index contributed by atoms with van der Waals surface area (Å²) in [4.78, 5) is 34.0. The topological polar surface area (TPSA) is 136 Å². The molecule has 2 aromatic rings. The molecule has 0 fully saturated rings. The number of methoxy groups -OCH3 is 1. The zero-order chi connectivity index (χ0) is 22.8. The Kier molecular flexibility index (Phi) is 6.40. The molecule has 160 valence electrons. The number of hydrogen-bond acceptors (Lipinski definition) is 7. The third kappa shape index (κ3) is 4.71.